The number of nitrogens with one attached hydrogen (secondary N) is 2. The highest BCUT2D eigenvalue weighted by Gasteiger charge is 2.12. The Morgan fingerprint density at radius 2 is 1.95 bits per heavy atom. The zero-order valence-corrected chi connectivity index (χ0v) is 11.6. The Morgan fingerprint density at radius 3 is 2.58 bits per heavy atom. The molecule has 0 bridgehead atoms. The van der Waals surface area contributed by atoms with Gasteiger partial charge < -0.3 is 15.7 Å². The Bertz CT molecular complexity index is 354. The molecule has 0 saturated carbocycles. The van der Waals surface area contributed by atoms with E-state index >= 15 is 0 Å². The Labute approximate surface area is 115 Å². The van der Waals surface area contributed by atoms with Gasteiger partial charge in [0.15, 0.2) is 0 Å². The number of amides is 2. The lowest BCUT2D eigenvalue weighted by Crippen LogP contribution is -2.39. The van der Waals surface area contributed by atoms with Crippen molar-refractivity contribution in [3.8, 4) is 0 Å². The summed E-state index contributed by atoms with van der Waals surface area (Å²) in [6, 6.07) is 8.90. The van der Waals surface area contributed by atoms with Crippen LogP contribution in [0.2, 0.25) is 0 Å². The van der Waals surface area contributed by atoms with E-state index in [4.69, 9.17) is 0 Å². The van der Waals surface area contributed by atoms with E-state index in [0.717, 1.165) is 18.4 Å². The Morgan fingerprint density at radius 1 is 1.21 bits per heavy atom. The van der Waals surface area contributed by atoms with Crippen molar-refractivity contribution in [1.82, 2.24) is 10.6 Å². The maximum absolute atomic E-state index is 11.7. The molecule has 4 heteroatoms. The number of unbranched alkanes of at least 4 members (excludes halogenated alkanes) is 3. The number of carbonyl (C=O) groups excluding carboxylic acids is 1. The SMILES string of the molecule is CCCCCCNC(=O)N[C@@H](CO)c1ccccc1. The number of benzene rings is 1. The van der Waals surface area contributed by atoms with Crippen LogP contribution in [-0.4, -0.2) is 24.3 Å². The lowest BCUT2D eigenvalue weighted by Gasteiger charge is -2.17. The Kier molecular flexibility index (Phi) is 7.66. The van der Waals surface area contributed by atoms with Crippen LogP contribution >= 0.6 is 0 Å². The van der Waals surface area contributed by atoms with Crippen molar-refractivity contribution in [2.24, 2.45) is 0 Å². The molecule has 19 heavy (non-hydrogen) atoms. The van der Waals surface area contributed by atoms with E-state index in [-0.39, 0.29) is 18.7 Å². The predicted molar refractivity (Wildman–Crippen MR) is 76.9 cm³/mol. The van der Waals surface area contributed by atoms with Crippen LogP contribution < -0.4 is 10.6 Å². The summed E-state index contributed by atoms with van der Waals surface area (Å²) >= 11 is 0. The molecule has 1 rings (SSSR count). The predicted octanol–water partition coefficient (Wildman–Crippen LogP) is 2.60. The smallest absolute Gasteiger partial charge is 0.315 e. The molecule has 1 atom stereocenters. The monoisotopic (exact) mass is 264 g/mol. The van der Waals surface area contributed by atoms with E-state index in [2.05, 4.69) is 17.6 Å². The molecule has 106 valence electrons. The summed E-state index contributed by atoms with van der Waals surface area (Å²) in [6.07, 6.45) is 4.52. The number of rotatable bonds is 8. The lowest BCUT2D eigenvalue weighted by atomic mass is 10.1. The van der Waals surface area contributed by atoms with Crippen molar-refractivity contribution in [1.29, 1.82) is 0 Å². The first-order valence-corrected chi connectivity index (χ1v) is 6.98. The number of hydrogen-bond acceptors (Lipinski definition) is 2. The van der Waals surface area contributed by atoms with Crippen LogP contribution in [0.3, 0.4) is 0 Å². The molecule has 0 radical (unpaired) electrons. The largest absolute Gasteiger partial charge is 0.394 e. The average Bonchev–Trinajstić information content (AvgIpc) is 2.45. The minimum atomic E-state index is -0.350. The molecular formula is C15H24N2O2. The third-order valence-electron chi connectivity index (χ3n) is 3.01. The molecule has 4 nitrogen and oxygen atoms in total. The summed E-state index contributed by atoms with van der Waals surface area (Å²) in [6.45, 7) is 2.73. The number of aliphatic hydroxyl groups is 1. The quantitative estimate of drug-likeness (QED) is 0.632. The molecule has 3 N–H and O–H groups in total. The van der Waals surface area contributed by atoms with Gasteiger partial charge in [-0.15, -0.1) is 0 Å². The molecule has 0 fully saturated rings. The molecule has 0 aliphatic rings. The van der Waals surface area contributed by atoms with Gasteiger partial charge in [0.1, 0.15) is 0 Å². The fraction of sp³-hybridized carbons (Fsp3) is 0.533. The van der Waals surface area contributed by atoms with E-state index in [1.807, 2.05) is 30.3 Å². The molecule has 0 heterocycles. The highest BCUT2D eigenvalue weighted by molar-refractivity contribution is 5.74. The molecule has 0 unspecified atom stereocenters. The van der Waals surface area contributed by atoms with Crippen molar-refractivity contribution < 1.29 is 9.90 Å². The molecule has 0 aliphatic heterocycles. The molecule has 0 aromatic heterocycles. The second-order valence-corrected chi connectivity index (χ2v) is 4.61. The lowest BCUT2D eigenvalue weighted by molar-refractivity contribution is 0.217. The first-order valence-electron chi connectivity index (χ1n) is 6.98. The van der Waals surface area contributed by atoms with Gasteiger partial charge in [0.25, 0.3) is 0 Å². The van der Waals surface area contributed by atoms with Crippen LogP contribution in [0.5, 0.6) is 0 Å². The van der Waals surface area contributed by atoms with Gasteiger partial charge in [-0.05, 0) is 12.0 Å². The van der Waals surface area contributed by atoms with E-state index in [9.17, 15) is 9.90 Å². The zero-order chi connectivity index (χ0) is 13.9. The Balaban J connectivity index is 2.30. The first-order chi connectivity index (χ1) is 9.27. The topological polar surface area (TPSA) is 61.4 Å². The second kappa shape index (κ2) is 9.39. The minimum absolute atomic E-state index is 0.104. The minimum Gasteiger partial charge on any atom is -0.394 e. The number of carbonyl (C=O) groups is 1. The van der Waals surface area contributed by atoms with E-state index in [1.54, 1.807) is 0 Å². The normalized spacial score (nSPS) is 11.9. The van der Waals surface area contributed by atoms with Gasteiger partial charge in [0.2, 0.25) is 0 Å². The number of hydrogen-bond donors (Lipinski definition) is 3. The molecule has 1 aromatic carbocycles. The van der Waals surface area contributed by atoms with Crippen LogP contribution in [0, 0.1) is 0 Å². The summed E-state index contributed by atoms with van der Waals surface area (Å²) in [5.74, 6) is 0. The summed E-state index contributed by atoms with van der Waals surface area (Å²) in [5.41, 5.74) is 0.908. The van der Waals surface area contributed by atoms with Crippen molar-refractivity contribution >= 4 is 6.03 Å². The third kappa shape index (κ3) is 6.25. The number of aliphatic hydroxyl groups excluding tert-OH is 1. The molecule has 0 aliphatic carbocycles. The van der Waals surface area contributed by atoms with Gasteiger partial charge in [-0.3, -0.25) is 0 Å². The summed E-state index contributed by atoms with van der Waals surface area (Å²) in [7, 11) is 0. The van der Waals surface area contributed by atoms with Gasteiger partial charge in [0, 0.05) is 6.54 Å². The van der Waals surface area contributed by atoms with Gasteiger partial charge >= 0.3 is 6.03 Å². The number of urea groups is 1. The first kappa shape index (κ1) is 15.5. The van der Waals surface area contributed by atoms with E-state index in [0.29, 0.717) is 6.54 Å². The van der Waals surface area contributed by atoms with Crippen LogP contribution in [0.15, 0.2) is 30.3 Å². The van der Waals surface area contributed by atoms with Gasteiger partial charge in [0.05, 0.1) is 12.6 Å². The second-order valence-electron chi connectivity index (χ2n) is 4.61. The maximum Gasteiger partial charge on any atom is 0.315 e. The summed E-state index contributed by atoms with van der Waals surface area (Å²) < 4.78 is 0. The van der Waals surface area contributed by atoms with E-state index < -0.39 is 0 Å². The fourth-order valence-corrected chi connectivity index (χ4v) is 1.88. The van der Waals surface area contributed by atoms with Crippen LogP contribution in [-0.2, 0) is 0 Å². The molecular weight excluding hydrogens is 240 g/mol. The van der Waals surface area contributed by atoms with Gasteiger partial charge in [-0.25, -0.2) is 4.79 Å². The molecule has 1 aromatic rings. The molecule has 2 amide bonds. The van der Waals surface area contributed by atoms with Crippen LogP contribution in [0.4, 0.5) is 4.79 Å². The van der Waals surface area contributed by atoms with Gasteiger partial charge in [-0.2, -0.15) is 0 Å². The maximum atomic E-state index is 11.7. The molecule has 0 spiro atoms. The van der Waals surface area contributed by atoms with Crippen molar-refractivity contribution in [3.63, 3.8) is 0 Å². The molecule has 0 saturated heterocycles. The van der Waals surface area contributed by atoms with Crippen molar-refractivity contribution in [2.45, 2.75) is 38.6 Å². The standard InChI is InChI=1S/C15H24N2O2/c1-2-3-4-8-11-16-15(19)17-14(12-18)13-9-6-5-7-10-13/h5-7,9-10,14,18H,2-4,8,11-12H2,1H3,(H2,16,17,19)/t14-/m0/s1. The highest BCUT2D eigenvalue weighted by Crippen LogP contribution is 2.11. The summed E-state index contributed by atoms with van der Waals surface area (Å²) in [5, 5.41) is 14.9. The van der Waals surface area contributed by atoms with Crippen molar-refractivity contribution in [3.05, 3.63) is 35.9 Å². The average molecular weight is 264 g/mol. The van der Waals surface area contributed by atoms with Crippen molar-refractivity contribution in [2.75, 3.05) is 13.2 Å². The fourth-order valence-electron chi connectivity index (χ4n) is 1.88. The van der Waals surface area contributed by atoms with Crippen LogP contribution in [0.25, 0.3) is 0 Å². The summed E-state index contributed by atoms with van der Waals surface area (Å²) in [4.78, 5) is 11.7. The highest BCUT2D eigenvalue weighted by atomic mass is 16.3. The third-order valence-corrected chi connectivity index (χ3v) is 3.01. The Hall–Kier alpha value is -1.55. The van der Waals surface area contributed by atoms with Gasteiger partial charge in [-0.1, -0.05) is 56.5 Å². The zero-order valence-electron chi connectivity index (χ0n) is 11.6. The van der Waals surface area contributed by atoms with E-state index in [1.165, 1.54) is 12.8 Å². The van der Waals surface area contributed by atoms with Crippen LogP contribution in [0.1, 0.15) is 44.2 Å².